The Morgan fingerprint density at radius 3 is 2.64 bits per heavy atom. The van der Waals surface area contributed by atoms with Crippen molar-refractivity contribution in [3.05, 3.63) is 96.3 Å². The second kappa shape index (κ2) is 7.28. The first-order valence-electron chi connectivity index (χ1n) is 12.7. The van der Waals surface area contributed by atoms with Crippen molar-refractivity contribution in [2.75, 3.05) is 11.1 Å². The fourth-order valence-corrected chi connectivity index (χ4v) is 6.08. The van der Waals surface area contributed by atoms with Gasteiger partial charge in [0.15, 0.2) is 0 Å². The van der Waals surface area contributed by atoms with E-state index in [0.29, 0.717) is 0 Å². The number of allylic oxidation sites excluding steroid dienone is 3. The number of benzene rings is 3. The van der Waals surface area contributed by atoms with Crippen molar-refractivity contribution >= 4 is 55.7 Å². The summed E-state index contributed by atoms with van der Waals surface area (Å²) in [6.45, 7) is 0. The average molecular weight is 468 g/mol. The third-order valence-corrected chi connectivity index (χ3v) is 7.79. The summed E-state index contributed by atoms with van der Waals surface area (Å²) < 4.78 is 8.69. The number of furan rings is 1. The number of nitrogens with one attached hydrogen (secondary N) is 1. The molecule has 3 heterocycles. The Labute approximate surface area is 208 Å². The number of aromatic nitrogens is 1. The molecule has 2 aliphatic carbocycles. The molecule has 6 aromatic rings. The van der Waals surface area contributed by atoms with Gasteiger partial charge in [0.05, 0.1) is 16.7 Å². The van der Waals surface area contributed by atoms with Crippen LogP contribution in [0.5, 0.6) is 0 Å². The summed E-state index contributed by atoms with van der Waals surface area (Å²) in [5.74, 6) is 2.05. The van der Waals surface area contributed by atoms with Crippen LogP contribution in [0.15, 0.2) is 89.4 Å². The summed E-state index contributed by atoms with van der Waals surface area (Å²) in [6.07, 6.45) is 16.0. The third-order valence-electron chi connectivity index (χ3n) is 7.79. The molecule has 0 spiro atoms. The highest BCUT2D eigenvalue weighted by molar-refractivity contribution is 6.23. The second-order valence-electron chi connectivity index (χ2n) is 9.93. The van der Waals surface area contributed by atoms with Gasteiger partial charge in [-0.15, -0.1) is 0 Å². The zero-order chi connectivity index (χ0) is 23.8. The second-order valence-corrected chi connectivity index (χ2v) is 9.93. The van der Waals surface area contributed by atoms with E-state index in [9.17, 15) is 0 Å². The van der Waals surface area contributed by atoms with Crippen molar-refractivity contribution < 1.29 is 4.42 Å². The summed E-state index contributed by atoms with van der Waals surface area (Å²) in [5, 5.41) is 8.40. The van der Waals surface area contributed by atoms with Crippen LogP contribution in [-0.4, -0.2) is 10.4 Å². The minimum atomic E-state index is 0.201. The molecule has 4 heteroatoms. The Bertz CT molecular complexity index is 1900. The van der Waals surface area contributed by atoms with Gasteiger partial charge in [0.2, 0.25) is 0 Å². The van der Waals surface area contributed by atoms with E-state index in [1.807, 2.05) is 0 Å². The molecule has 3 N–H and O–H groups in total. The van der Waals surface area contributed by atoms with Crippen LogP contribution in [0.4, 0.5) is 11.5 Å². The predicted molar refractivity (Wildman–Crippen MR) is 151 cm³/mol. The molecule has 36 heavy (non-hydrogen) atoms. The molecule has 1 unspecified atom stereocenters. The van der Waals surface area contributed by atoms with E-state index in [1.165, 1.54) is 32.8 Å². The van der Waals surface area contributed by atoms with Crippen molar-refractivity contribution in [1.29, 1.82) is 0 Å². The summed E-state index contributed by atoms with van der Waals surface area (Å²) in [6, 6.07) is 19.8. The van der Waals surface area contributed by atoms with E-state index in [2.05, 4.69) is 101 Å². The van der Waals surface area contributed by atoms with Crippen LogP contribution in [0.2, 0.25) is 0 Å². The lowest BCUT2D eigenvalue weighted by Crippen LogP contribution is -2.18. The van der Waals surface area contributed by atoms with E-state index >= 15 is 0 Å². The average Bonchev–Trinajstić information content (AvgIpc) is 3.54. The Balaban J connectivity index is 1.48. The molecule has 0 aliphatic heterocycles. The quantitative estimate of drug-likeness (QED) is 0.278. The lowest BCUT2D eigenvalue weighted by Gasteiger charge is -2.17. The smallest absolute Gasteiger partial charge is 0.135 e. The van der Waals surface area contributed by atoms with Gasteiger partial charge in [-0.1, -0.05) is 66.8 Å². The monoisotopic (exact) mass is 467 g/mol. The topological polar surface area (TPSA) is 55.6 Å². The molecule has 2 aliphatic rings. The minimum absolute atomic E-state index is 0.201. The molecular formula is C32H25N3O. The molecule has 0 fully saturated rings. The Kier molecular flexibility index (Phi) is 4.01. The lowest BCUT2D eigenvalue weighted by molar-refractivity contribution is 0.546. The highest BCUT2D eigenvalue weighted by Crippen LogP contribution is 2.46. The van der Waals surface area contributed by atoms with E-state index in [4.69, 9.17) is 10.2 Å². The van der Waals surface area contributed by atoms with Gasteiger partial charge < -0.3 is 15.5 Å². The van der Waals surface area contributed by atoms with Crippen molar-refractivity contribution in [1.82, 2.24) is 4.40 Å². The van der Waals surface area contributed by atoms with Gasteiger partial charge in [-0.05, 0) is 48.2 Å². The lowest BCUT2D eigenvalue weighted by atomic mass is 9.99. The van der Waals surface area contributed by atoms with Crippen molar-refractivity contribution in [2.45, 2.75) is 25.3 Å². The van der Waals surface area contributed by atoms with Crippen molar-refractivity contribution in [3.63, 3.8) is 0 Å². The predicted octanol–water partition coefficient (Wildman–Crippen LogP) is 7.93. The van der Waals surface area contributed by atoms with Gasteiger partial charge in [0.1, 0.15) is 17.2 Å². The van der Waals surface area contributed by atoms with E-state index in [1.54, 1.807) is 0 Å². The van der Waals surface area contributed by atoms with Gasteiger partial charge in [-0.3, -0.25) is 4.40 Å². The van der Waals surface area contributed by atoms with Crippen LogP contribution in [0, 0.1) is 0 Å². The van der Waals surface area contributed by atoms with Crippen LogP contribution < -0.4 is 11.1 Å². The number of aryl methyl sites for hydroxylation is 1. The normalized spacial score (nSPS) is 17.2. The number of nitrogen functional groups attached to an aromatic ring is 1. The van der Waals surface area contributed by atoms with E-state index in [-0.39, 0.29) is 6.04 Å². The fourth-order valence-electron chi connectivity index (χ4n) is 6.08. The molecular weight excluding hydrogens is 442 g/mol. The van der Waals surface area contributed by atoms with Crippen LogP contribution in [0.25, 0.3) is 55.4 Å². The molecule has 1 atom stereocenters. The molecule has 4 nitrogen and oxygen atoms in total. The molecule has 0 radical (unpaired) electrons. The zero-order valence-corrected chi connectivity index (χ0v) is 19.8. The minimum Gasteiger partial charge on any atom is -0.460 e. The Morgan fingerprint density at radius 2 is 1.78 bits per heavy atom. The Morgan fingerprint density at radius 1 is 0.889 bits per heavy atom. The molecule has 0 saturated carbocycles. The van der Waals surface area contributed by atoms with Crippen LogP contribution >= 0.6 is 0 Å². The van der Waals surface area contributed by atoms with E-state index in [0.717, 1.165) is 58.5 Å². The first-order valence-corrected chi connectivity index (χ1v) is 12.7. The SMILES string of the molecule is Nc1c(NC2C=CC=CC2)n2c3cc4c5c(oc4cc3c3cc(-c4ccccc4)cc1c32)CCC=C5. The number of fused-ring (bicyclic) bond motifs is 6. The van der Waals surface area contributed by atoms with Gasteiger partial charge in [-0.25, -0.2) is 0 Å². The summed E-state index contributed by atoms with van der Waals surface area (Å²) >= 11 is 0. The van der Waals surface area contributed by atoms with Crippen molar-refractivity contribution in [3.8, 4) is 11.1 Å². The van der Waals surface area contributed by atoms with Crippen LogP contribution in [0.1, 0.15) is 24.2 Å². The zero-order valence-electron chi connectivity index (χ0n) is 19.8. The number of nitrogens with zero attached hydrogens (tertiary/aromatic N) is 1. The highest BCUT2D eigenvalue weighted by Gasteiger charge is 2.25. The molecule has 3 aromatic carbocycles. The molecule has 3 aromatic heterocycles. The maximum Gasteiger partial charge on any atom is 0.135 e. The molecule has 0 bridgehead atoms. The third kappa shape index (κ3) is 2.70. The van der Waals surface area contributed by atoms with E-state index < -0.39 is 0 Å². The van der Waals surface area contributed by atoms with Crippen LogP contribution in [-0.2, 0) is 6.42 Å². The molecule has 0 amide bonds. The van der Waals surface area contributed by atoms with Crippen LogP contribution in [0.3, 0.4) is 0 Å². The number of hydrogen-bond donors (Lipinski definition) is 2. The van der Waals surface area contributed by atoms with Gasteiger partial charge >= 0.3 is 0 Å². The summed E-state index contributed by atoms with van der Waals surface area (Å²) in [7, 11) is 0. The number of nitrogens with two attached hydrogens (primary N) is 1. The molecule has 0 saturated heterocycles. The Hall–Kier alpha value is -4.44. The van der Waals surface area contributed by atoms with Gasteiger partial charge in [-0.2, -0.15) is 0 Å². The van der Waals surface area contributed by atoms with Crippen molar-refractivity contribution in [2.24, 2.45) is 0 Å². The first-order chi connectivity index (χ1) is 17.8. The highest BCUT2D eigenvalue weighted by atomic mass is 16.3. The number of rotatable bonds is 3. The fraction of sp³-hybridized carbons (Fsp3) is 0.125. The standard InChI is InChI=1S/C32H25N3O/c33-30-26-16-20(19-9-3-1-4-10-19)15-25-23-18-29-24(22-13-7-8-14-28(22)36-29)17-27(23)35(31(25)26)32(30)34-21-11-5-2-6-12-21/h1-7,9-11,13,15-18,21,34H,8,12,14,33H2. The largest absolute Gasteiger partial charge is 0.460 e. The maximum atomic E-state index is 6.91. The number of anilines is 2. The maximum absolute atomic E-state index is 6.91. The molecule has 8 rings (SSSR count). The summed E-state index contributed by atoms with van der Waals surface area (Å²) in [4.78, 5) is 0. The summed E-state index contributed by atoms with van der Waals surface area (Å²) in [5.41, 5.74) is 14.6. The number of hydrogen-bond acceptors (Lipinski definition) is 3. The first kappa shape index (κ1) is 19.8. The van der Waals surface area contributed by atoms with Gasteiger partial charge in [0, 0.05) is 39.6 Å². The van der Waals surface area contributed by atoms with Gasteiger partial charge in [0.25, 0.3) is 0 Å². The molecule has 174 valence electrons.